The first-order valence-corrected chi connectivity index (χ1v) is 5.47. The summed E-state index contributed by atoms with van der Waals surface area (Å²) in [5.41, 5.74) is 0. The summed E-state index contributed by atoms with van der Waals surface area (Å²) in [7, 11) is 0. The quantitative estimate of drug-likeness (QED) is 0.664. The second kappa shape index (κ2) is 5.01. The van der Waals surface area contributed by atoms with Crippen molar-refractivity contribution in [3.8, 4) is 0 Å². The van der Waals surface area contributed by atoms with Gasteiger partial charge in [0, 0.05) is 17.8 Å². The molecule has 0 spiro atoms. The first-order chi connectivity index (χ1) is 5.36. The van der Waals surface area contributed by atoms with Gasteiger partial charge in [0.15, 0.2) is 0 Å². The Morgan fingerprint density at radius 1 is 1.73 bits per heavy atom. The smallest absolute Gasteiger partial charge is 0.0584 e. The molecule has 66 valence electrons. The van der Waals surface area contributed by atoms with E-state index in [4.69, 9.17) is 5.11 Å². The van der Waals surface area contributed by atoms with Crippen LogP contribution in [0.4, 0.5) is 0 Å². The fourth-order valence-corrected chi connectivity index (χ4v) is 2.46. The Labute approximate surface area is 72.8 Å². The Morgan fingerprint density at radius 2 is 2.55 bits per heavy atom. The number of nitrogens with one attached hydrogen (secondary N) is 1. The minimum Gasteiger partial charge on any atom is -0.395 e. The van der Waals surface area contributed by atoms with Gasteiger partial charge in [0.05, 0.1) is 6.61 Å². The lowest BCUT2D eigenvalue weighted by molar-refractivity contribution is 0.230. The van der Waals surface area contributed by atoms with E-state index >= 15 is 0 Å². The van der Waals surface area contributed by atoms with Gasteiger partial charge in [-0.15, -0.1) is 0 Å². The Kier molecular flexibility index (Phi) is 4.26. The molecule has 2 nitrogen and oxygen atoms in total. The Hall–Kier alpha value is 0.270. The Balaban J connectivity index is 2.16. The predicted molar refractivity (Wildman–Crippen MR) is 50.0 cm³/mol. The van der Waals surface area contributed by atoms with Gasteiger partial charge in [-0.3, -0.25) is 0 Å². The Bertz CT molecular complexity index is 100. The van der Waals surface area contributed by atoms with Gasteiger partial charge in [-0.05, 0) is 18.6 Å². The average molecular weight is 175 g/mol. The Morgan fingerprint density at radius 3 is 3.00 bits per heavy atom. The van der Waals surface area contributed by atoms with Gasteiger partial charge in [-0.2, -0.15) is 11.8 Å². The van der Waals surface area contributed by atoms with Crippen LogP contribution in [0.1, 0.15) is 19.8 Å². The number of thioether (sulfide) groups is 1. The highest BCUT2D eigenvalue weighted by atomic mass is 32.2. The molecule has 0 aromatic carbocycles. The highest BCUT2D eigenvalue weighted by molar-refractivity contribution is 7.99. The first kappa shape index (κ1) is 9.36. The van der Waals surface area contributed by atoms with Crippen molar-refractivity contribution in [3.05, 3.63) is 0 Å². The molecule has 2 atom stereocenters. The van der Waals surface area contributed by atoms with Crippen molar-refractivity contribution in [2.75, 3.05) is 18.1 Å². The number of rotatable bonds is 4. The molecule has 0 amide bonds. The molecule has 2 N–H and O–H groups in total. The van der Waals surface area contributed by atoms with Crippen molar-refractivity contribution in [1.82, 2.24) is 5.32 Å². The van der Waals surface area contributed by atoms with Gasteiger partial charge < -0.3 is 10.4 Å². The number of aliphatic hydroxyl groups excluding tert-OH is 1. The van der Waals surface area contributed by atoms with Crippen LogP contribution in [-0.4, -0.2) is 35.3 Å². The van der Waals surface area contributed by atoms with Gasteiger partial charge >= 0.3 is 0 Å². The summed E-state index contributed by atoms with van der Waals surface area (Å²) in [6, 6.07) is 0.968. The molecular weight excluding hydrogens is 158 g/mol. The third kappa shape index (κ3) is 3.01. The van der Waals surface area contributed by atoms with Crippen LogP contribution >= 0.6 is 11.8 Å². The molecule has 1 fully saturated rings. The van der Waals surface area contributed by atoms with E-state index in [0.717, 1.165) is 6.42 Å². The van der Waals surface area contributed by atoms with Crippen molar-refractivity contribution in [3.63, 3.8) is 0 Å². The van der Waals surface area contributed by atoms with E-state index in [9.17, 15) is 0 Å². The predicted octanol–water partition coefficient (Wildman–Crippen LogP) is 0.852. The molecule has 0 aromatic rings. The van der Waals surface area contributed by atoms with Gasteiger partial charge in [0.25, 0.3) is 0 Å². The van der Waals surface area contributed by atoms with Crippen LogP contribution in [-0.2, 0) is 0 Å². The third-order valence-corrected chi connectivity index (χ3v) is 3.28. The van der Waals surface area contributed by atoms with Gasteiger partial charge in [-0.25, -0.2) is 0 Å². The highest BCUT2D eigenvalue weighted by Crippen LogP contribution is 2.17. The second-order valence-electron chi connectivity index (χ2n) is 3.01. The van der Waals surface area contributed by atoms with Crippen LogP contribution in [0, 0.1) is 0 Å². The molecule has 1 rings (SSSR count). The number of hydrogen-bond donors (Lipinski definition) is 2. The van der Waals surface area contributed by atoms with Crippen molar-refractivity contribution in [2.45, 2.75) is 31.8 Å². The summed E-state index contributed by atoms with van der Waals surface area (Å²) in [5, 5.41) is 12.4. The van der Waals surface area contributed by atoms with Crippen molar-refractivity contribution in [2.24, 2.45) is 0 Å². The lowest BCUT2D eigenvalue weighted by Crippen LogP contribution is -2.40. The molecule has 1 heterocycles. The SMILES string of the molecule is CC[C@@H](CO)NC1CCSC1. The molecule has 11 heavy (non-hydrogen) atoms. The molecule has 1 saturated heterocycles. The van der Waals surface area contributed by atoms with Crippen LogP contribution in [0.15, 0.2) is 0 Å². The molecule has 1 unspecified atom stereocenters. The molecule has 0 aliphatic carbocycles. The average Bonchev–Trinajstić information content (AvgIpc) is 2.52. The lowest BCUT2D eigenvalue weighted by Gasteiger charge is -2.18. The first-order valence-electron chi connectivity index (χ1n) is 4.31. The van der Waals surface area contributed by atoms with Crippen LogP contribution in [0.25, 0.3) is 0 Å². The summed E-state index contributed by atoms with van der Waals surface area (Å²) in [5.74, 6) is 2.50. The van der Waals surface area contributed by atoms with E-state index in [0.29, 0.717) is 12.1 Å². The van der Waals surface area contributed by atoms with Crippen molar-refractivity contribution < 1.29 is 5.11 Å². The van der Waals surface area contributed by atoms with E-state index in [1.54, 1.807) is 0 Å². The van der Waals surface area contributed by atoms with E-state index in [-0.39, 0.29) is 6.61 Å². The number of aliphatic hydroxyl groups is 1. The van der Waals surface area contributed by atoms with Crippen LogP contribution in [0.5, 0.6) is 0 Å². The van der Waals surface area contributed by atoms with E-state index in [1.165, 1.54) is 17.9 Å². The maximum absolute atomic E-state index is 8.92. The van der Waals surface area contributed by atoms with Crippen LogP contribution in [0.3, 0.4) is 0 Å². The standard InChI is InChI=1S/C8H17NOS/c1-2-7(5-10)9-8-3-4-11-6-8/h7-10H,2-6H2,1H3/t7-,8?/m0/s1. The zero-order valence-corrected chi connectivity index (χ0v) is 7.86. The maximum Gasteiger partial charge on any atom is 0.0584 e. The summed E-state index contributed by atoms with van der Waals surface area (Å²) < 4.78 is 0. The van der Waals surface area contributed by atoms with Gasteiger partial charge in [0.1, 0.15) is 0 Å². The minimum atomic E-state index is 0.275. The fraction of sp³-hybridized carbons (Fsp3) is 1.00. The maximum atomic E-state index is 8.92. The zero-order valence-electron chi connectivity index (χ0n) is 7.05. The largest absolute Gasteiger partial charge is 0.395 e. The van der Waals surface area contributed by atoms with E-state index in [2.05, 4.69) is 12.2 Å². The van der Waals surface area contributed by atoms with Gasteiger partial charge in [-0.1, -0.05) is 6.92 Å². The van der Waals surface area contributed by atoms with Crippen LogP contribution < -0.4 is 5.32 Å². The number of hydrogen-bond acceptors (Lipinski definition) is 3. The van der Waals surface area contributed by atoms with E-state index < -0.39 is 0 Å². The topological polar surface area (TPSA) is 32.3 Å². The molecule has 1 aliphatic heterocycles. The third-order valence-electron chi connectivity index (χ3n) is 2.11. The highest BCUT2D eigenvalue weighted by Gasteiger charge is 2.17. The van der Waals surface area contributed by atoms with Crippen molar-refractivity contribution >= 4 is 11.8 Å². The monoisotopic (exact) mass is 175 g/mol. The summed E-state index contributed by atoms with van der Waals surface area (Å²) in [6.45, 7) is 2.38. The van der Waals surface area contributed by atoms with Crippen LogP contribution in [0.2, 0.25) is 0 Å². The minimum absolute atomic E-state index is 0.275. The molecule has 0 radical (unpaired) electrons. The van der Waals surface area contributed by atoms with E-state index in [1.807, 2.05) is 11.8 Å². The lowest BCUT2D eigenvalue weighted by atomic mass is 10.2. The molecular formula is C8H17NOS. The second-order valence-corrected chi connectivity index (χ2v) is 4.16. The molecule has 3 heteroatoms. The molecule has 1 aliphatic rings. The zero-order chi connectivity index (χ0) is 8.10. The summed E-state index contributed by atoms with van der Waals surface area (Å²) >= 11 is 2.00. The summed E-state index contributed by atoms with van der Waals surface area (Å²) in [6.07, 6.45) is 2.29. The molecule has 0 aromatic heterocycles. The molecule has 0 bridgehead atoms. The molecule has 0 saturated carbocycles. The fourth-order valence-electron chi connectivity index (χ4n) is 1.30. The summed E-state index contributed by atoms with van der Waals surface area (Å²) in [4.78, 5) is 0. The normalized spacial score (nSPS) is 27.3. The van der Waals surface area contributed by atoms with Gasteiger partial charge in [0.2, 0.25) is 0 Å². The van der Waals surface area contributed by atoms with Crippen molar-refractivity contribution in [1.29, 1.82) is 0 Å².